The molecule has 2 N–H and O–H groups in total. The van der Waals surface area contributed by atoms with Crippen molar-refractivity contribution < 1.29 is 9.90 Å². The number of rotatable bonds is 1. The number of hydrogen-bond donors (Lipinski definition) is 2. The molecule has 2 fully saturated rings. The van der Waals surface area contributed by atoms with Crippen LogP contribution in [0.15, 0.2) is 0 Å². The number of likely N-dealkylation sites (tertiary alicyclic amines) is 1. The Morgan fingerprint density at radius 1 is 1.64 bits per heavy atom. The van der Waals surface area contributed by atoms with Gasteiger partial charge in [-0.2, -0.15) is 0 Å². The van der Waals surface area contributed by atoms with Crippen molar-refractivity contribution in [3.05, 3.63) is 0 Å². The molecule has 2 heterocycles. The zero-order chi connectivity index (χ0) is 10.2. The van der Waals surface area contributed by atoms with Crippen LogP contribution in [0.1, 0.15) is 26.2 Å². The molecule has 0 spiro atoms. The Labute approximate surface area is 84.3 Å². The molecule has 2 atom stereocenters. The Kier molecular flexibility index (Phi) is 2.49. The molecule has 0 aromatic carbocycles. The Hall–Kier alpha value is -0.610. The number of carbonyl (C=O) groups excluding carboxylic acids is 1. The van der Waals surface area contributed by atoms with Gasteiger partial charge in [-0.05, 0) is 32.7 Å². The predicted molar refractivity (Wildman–Crippen MR) is 52.8 cm³/mol. The third kappa shape index (κ3) is 1.91. The maximum Gasteiger partial charge on any atom is 0.239 e. The number of β-amino-alcohol motifs (C(OH)–C–C–N with tert-alkyl or cyclic N) is 1. The molecule has 2 aliphatic rings. The Balaban J connectivity index is 1.93. The van der Waals surface area contributed by atoms with Gasteiger partial charge in [0.2, 0.25) is 5.91 Å². The smallest absolute Gasteiger partial charge is 0.239 e. The number of nitrogens with one attached hydrogen (secondary N) is 1. The second-order valence-corrected chi connectivity index (χ2v) is 4.66. The van der Waals surface area contributed by atoms with Crippen molar-refractivity contribution >= 4 is 5.91 Å². The molecule has 80 valence electrons. The summed E-state index contributed by atoms with van der Waals surface area (Å²) in [5.74, 6) is 0.163. The van der Waals surface area contributed by atoms with Crippen LogP contribution in [-0.2, 0) is 4.79 Å². The molecule has 2 aliphatic heterocycles. The van der Waals surface area contributed by atoms with E-state index in [-0.39, 0.29) is 11.9 Å². The molecule has 4 nitrogen and oxygen atoms in total. The van der Waals surface area contributed by atoms with Crippen molar-refractivity contribution in [3.63, 3.8) is 0 Å². The summed E-state index contributed by atoms with van der Waals surface area (Å²) in [6.45, 7) is 4.04. The minimum atomic E-state index is -0.683. The molecule has 0 bridgehead atoms. The van der Waals surface area contributed by atoms with Gasteiger partial charge in [-0.1, -0.05) is 0 Å². The molecule has 0 aromatic rings. The highest BCUT2D eigenvalue weighted by Gasteiger charge is 2.35. The summed E-state index contributed by atoms with van der Waals surface area (Å²) in [4.78, 5) is 13.6. The summed E-state index contributed by atoms with van der Waals surface area (Å²) in [5.41, 5.74) is -0.683. The van der Waals surface area contributed by atoms with Crippen LogP contribution < -0.4 is 5.32 Å². The number of hydrogen-bond acceptors (Lipinski definition) is 3. The van der Waals surface area contributed by atoms with Gasteiger partial charge in [0.25, 0.3) is 0 Å². The molecule has 0 aliphatic carbocycles. The maximum atomic E-state index is 11.8. The van der Waals surface area contributed by atoms with Crippen LogP contribution >= 0.6 is 0 Å². The number of carbonyl (C=O) groups is 1. The van der Waals surface area contributed by atoms with E-state index in [1.807, 2.05) is 0 Å². The van der Waals surface area contributed by atoms with Gasteiger partial charge in [0.05, 0.1) is 11.6 Å². The molecule has 0 radical (unpaired) electrons. The fourth-order valence-corrected chi connectivity index (χ4v) is 2.13. The molecule has 4 heteroatoms. The zero-order valence-corrected chi connectivity index (χ0v) is 8.62. The predicted octanol–water partition coefficient (Wildman–Crippen LogP) is -0.278. The zero-order valence-electron chi connectivity index (χ0n) is 8.62. The first kappa shape index (κ1) is 9.93. The van der Waals surface area contributed by atoms with Gasteiger partial charge in [-0.25, -0.2) is 0 Å². The first-order chi connectivity index (χ1) is 6.58. The van der Waals surface area contributed by atoms with Gasteiger partial charge >= 0.3 is 0 Å². The lowest BCUT2D eigenvalue weighted by molar-refractivity contribution is -0.141. The van der Waals surface area contributed by atoms with Crippen molar-refractivity contribution in [2.75, 3.05) is 19.6 Å². The highest BCUT2D eigenvalue weighted by Crippen LogP contribution is 2.21. The van der Waals surface area contributed by atoms with Gasteiger partial charge in [0.15, 0.2) is 0 Å². The molecule has 0 saturated carbocycles. The average molecular weight is 198 g/mol. The topological polar surface area (TPSA) is 52.6 Å². The molecule has 2 saturated heterocycles. The molecule has 2 unspecified atom stereocenters. The lowest BCUT2D eigenvalue weighted by atomic mass is 9.94. The summed E-state index contributed by atoms with van der Waals surface area (Å²) in [7, 11) is 0. The van der Waals surface area contributed by atoms with Crippen LogP contribution in [0.4, 0.5) is 0 Å². The Bertz CT molecular complexity index is 236. The first-order valence-electron chi connectivity index (χ1n) is 5.33. The summed E-state index contributed by atoms with van der Waals surface area (Å²) in [6.07, 6.45) is 2.65. The number of nitrogens with zero attached hydrogens (tertiary/aromatic N) is 1. The fourth-order valence-electron chi connectivity index (χ4n) is 2.13. The van der Waals surface area contributed by atoms with E-state index < -0.39 is 5.60 Å². The van der Waals surface area contributed by atoms with E-state index in [2.05, 4.69) is 5.32 Å². The largest absolute Gasteiger partial charge is 0.388 e. The molecule has 1 amide bonds. The normalized spacial score (nSPS) is 37.9. The summed E-state index contributed by atoms with van der Waals surface area (Å²) in [6, 6.07) is 0.0175. The van der Waals surface area contributed by atoms with Crippen LogP contribution in [-0.4, -0.2) is 47.2 Å². The van der Waals surface area contributed by atoms with E-state index >= 15 is 0 Å². The molecular weight excluding hydrogens is 180 g/mol. The van der Waals surface area contributed by atoms with Crippen LogP contribution in [0.2, 0.25) is 0 Å². The van der Waals surface area contributed by atoms with Crippen LogP contribution in [0.25, 0.3) is 0 Å². The summed E-state index contributed by atoms with van der Waals surface area (Å²) >= 11 is 0. The maximum absolute atomic E-state index is 11.8. The summed E-state index contributed by atoms with van der Waals surface area (Å²) < 4.78 is 0. The van der Waals surface area contributed by atoms with Gasteiger partial charge in [-0.3, -0.25) is 4.79 Å². The third-order valence-electron chi connectivity index (χ3n) is 3.11. The van der Waals surface area contributed by atoms with E-state index in [0.29, 0.717) is 6.54 Å². The molecule has 0 aromatic heterocycles. The number of piperidine rings is 1. The third-order valence-corrected chi connectivity index (χ3v) is 3.11. The van der Waals surface area contributed by atoms with E-state index in [0.717, 1.165) is 32.4 Å². The molecule has 2 rings (SSSR count). The fraction of sp³-hybridized carbons (Fsp3) is 0.900. The van der Waals surface area contributed by atoms with Gasteiger partial charge in [0, 0.05) is 13.1 Å². The van der Waals surface area contributed by atoms with E-state index in [1.54, 1.807) is 11.8 Å². The number of aliphatic hydroxyl groups is 1. The highest BCUT2D eigenvalue weighted by atomic mass is 16.3. The Morgan fingerprint density at radius 3 is 2.86 bits per heavy atom. The standard InChI is InChI=1S/C10H18N2O2/c1-10(14)4-2-6-12(7-10)9(13)8-3-5-11-8/h8,11,14H,2-7H2,1H3. The molecule has 14 heavy (non-hydrogen) atoms. The minimum absolute atomic E-state index is 0.0175. The number of amides is 1. The first-order valence-corrected chi connectivity index (χ1v) is 5.33. The lowest BCUT2D eigenvalue weighted by Crippen LogP contribution is -2.58. The van der Waals surface area contributed by atoms with Crippen LogP contribution in [0, 0.1) is 0 Å². The van der Waals surface area contributed by atoms with Crippen molar-refractivity contribution in [1.29, 1.82) is 0 Å². The van der Waals surface area contributed by atoms with Gasteiger partial charge < -0.3 is 15.3 Å². The molecular formula is C10H18N2O2. The van der Waals surface area contributed by atoms with E-state index in [4.69, 9.17) is 0 Å². The second-order valence-electron chi connectivity index (χ2n) is 4.66. The SMILES string of the molecule is CC1(O)CCCN(C(=O)C2CCN2)C1. The van der Waals surface area contributed by atoms with Crippen molar-refractivity contribution in [1.82, 2.24) is 10.2 Å². The van der Waals surface area contributed by atoms with Crippen molar-refractivity contribution in [2.45, 2.75) is 37.8 Å². The minimum Gasteiger partial charge on any atom is -0.388 e. The Morgan fingerprint density at radius 2 is 2.36 bits per heavy atom. The van der Waals surface area contributed by atoms with Gasteiger partial charge in [0.1, 0.15) is 0 Å². The lowest BCUT2D eigenvalue weighted by Gasteiger charge is -2.40. The average Bonchev–Trinajstić information content (AvgIpc) is 1.99. The van der Waals surface area contributed by atoms with Crippen molar-refractivity contribution in [3.8, 4) is 0 Å². The quantitative estimate of drug-likeness (QED) is 0.609. The monoisotopic (exact) mass is 198 g/mol. The van der Waals surface area contributed by atoms with Crippen molar-refractivity contribution in [2.24, 2.45) is 0 Å². The van der Waals surface area contributed by atoms with E-state index in [1.165, 1.54) is 0 Å². The van der Waals surface area contributed by atoms with E-state index in [9.17, 15) is 9.90 Å². The van der Waals surface area contributed by atoms with Crippen LogP contribution in [0.5, 0.6) is 0 Å². The highest BCUT2D eigenvalue weighted by molar-refractivity contribution is 5.83. The van der Waals surface area contributed by atoms with Gasteiger partial charge in [-0.15, -0.1) is 0 Å². The second kappa shape index (κ2) is 3.51. The summed E-state index contributed by atoms with van der Waals surface area (Å²) in [5, 5.41) is 12.9. The van der Waals surface area contributed by atoms with Crippen LogP contribution in [0.3, 0.4) is 0 Å².